The maximum atomic E-state index is 11.0. The Bertz CT molecular complexity index is 1160. The minimum absolute atomic E-state index is 0.625. The van der Waals surface area contributed by atoms with Crippen molar-refractivity contribution >= 4 is 17.1 Å². The minimum atomic E-state index is 0.625. The normalized spacial score (nSPS) is 10.7. The molecule has 0 radical (unpaired) electrons. The zero-order chi connectivity index (χ0) is 20.9. The van der Waals surface area contributed by atoms with Crippen LogP contribution in [0.15, 0.2) is 78.9 Å². The third-order valence-electron chi connectivity index (χ3n) is 5.20. The van der Waals surface area contributed by atoms with Crippen molar-refractivity contribution in [2.45, 2.75) is 19.8 Å². The van der Waals surface area contributed by atoms with Gasteiger partial charge in [0.05, 0.1) is 7.11 Å². The van der Waals surface area contributed by atoms with E-state index in [9.17, 15) is 4.79 Å². The van der Waals surface area contributed by atoms with Gasteiger partial charge in [-0.15, -0.1) is 0 Å². The Hall–Kier alpha value is -3.59. The number of hydrogen-bond donors (Lipinski definition) is 0. The van der Waals surface area contributed by atoms with Crippen LogP contribution in [-0.4, -0.2) is 13.4 Å². The fourth-order valence-electron chi connectivity index (χ4n) is 3.76. The number of hydrogen-bond acceptors (Lipinski definition) is 3. The monoisotopic (exact) mass is 396 g/mol. The highest BCUT2D eigenvalue weighted by Crippen LogP contribution is 2.43. The molecule has 4 aromatic rings. The van der Waals surface area contributed by atoms with Crippen LogP contribution in [0.25, 0.3) is 21.9 Å². The van der Waals surface area contributed by atoms with Crippen LogP contribution < -0.4 is 9.47 Å². The zero-order valence-electron chi connectivity index (χ0n) is 17.2. The summed E-state index contributed by atoms with van der Waals surface area (Å²) in [4.78, 5) is 11.0. The molecule has 3 heteroatoms. The molecular weight excluding hydrogens is 372 g/mol. The van der Waals surface area contributed by atoms with E-state index in [0.29, 0.717) is 11.3 Å². The van der Waals surface area contributed by atoms with Crippen LogP contribution in [0.1, 0.15) is 29.3 Å². The molecule has 30 heavy (non-hydrogen) atoms. The topological polar surface area (TPSA) is 35.5 Å². The van der Waals surface area contributed by atoms with E-state index in [0.717, 1.165) is 52.5 Å². The van der Waals surface area contributed by atoms with Gasteiger partial charge >= 0.3 is 0 Å². The second kappa shape index (κ2) is 8.83. The van der Waals surface area contributed by atoms with Gasteiger partial charge in [0, 0.05) is 16.5 Å². The van der Waals surface area contributed by atoms with Crippen molar-refractivity contribution in [2.75, 3.05) is 7.11 Å². The van der Waals surface area contributed by atoms with Crippen LogP contribution in [0, 0.1) is 0 Å². The third kappa shape index (κ3) is 3.92. The van der Waals surface area contributed by atoms with Crippen LogP contribution in [-0.2, 0) is 6.42 Å². The number of aldehydes is 1. The summed E-state index contributed by atoms with van der Waals surface area (Å²) in [5.74, 6) is 2.34. The third-order valence-corrected chi connectivity index (χ3v) is 5.20. The highest BCUT2D eigenvalue weighted by molar-refractivity contribution is 5.98. The van der Waals surface area contributed by atoms with Gasteiger partial charge in [-0.2, -0.15) is 0 Å². The molecule has 4 rings (SSSR count). The number of carbonyl (C=O) groups excluding carboxylic acids is 1. The Morgan fingerprint density at radius 2 is 1.60 bits per heavy atom. The van der Waals surface area contributed by atoms with Crippen LogP contribution >= 0.6 is 0 Å². The molecule has 0 spiro atoms. The van der Waals surface area contributed by atoms with E-state index in [4.69, 9.17) is 9.47 Å². The molecule has 150 valence electrons. The number of rotatable bonds is 7. The molecule has 0 bridgehead atoms. The molecule has 0 aliphatic carbocycles. The molecule has 0 aliphatic rings. The first-order valence-corrected chi connectivity index (χ1v) is 10.2. The van der Waals surface area contributed by atoms with E-state index in [1.165, 1.54) is 5.56 Å². The summed E-state index contributed by atoms with van der Waals surface area (Å²) in [7, 11) is 1.68. The smallest absolute Gasteiger partial charge is 0.150 e. The summed E-state index contributed by atoms with van der Waals surface area (Å²) in [6, 6.07) is 25.9. The molecule has 0 saturated heterocycles. The Balaban J connectivity index is 1.97. The first-order chi connectivity index (χ1) is 14.7. The lowest BCUT2D eigenvalue weighted by Gasteiger charge is -2.19. The first-order valence-electron chi connectivity index (χ1n) is 10.2. The predicted molar refractivity (Wildman–Crippen MR) is 122 cm³/mol. The van der Waals surface area contributed by atoms with Gasteiger partial charge in [-0.05, 0) is 65.4 Å². The molecular formula is C27H24O3. The van der Waals surface area contributed by atoms with Gasteiger partial charge < -0.3 is 9.47 Å². The average molecular weight is 396 g/mol. The molecule has 0 aromatic heterocycles. The maximum absolute atomic E-state index is 11.0. The zero-order valence-corrected chi connectivity index (χ0v) is 17.2. The van der Waals surface area contributed by atoms with Crippen molar-refractivity contribution in [1.82, 2.24) is 0 Å². The minimum Gasteiger partial charge on any atom is -0.497 e. The van der Waals surface area contributed by atoms with Crippen LogP contribution in [0.3, 0.4) is 0 Å². The van der Waals surface area contributed by atoms with E-state index in [2.05, 4.69) is 25.1 Å². The van der Waals surface area contributed by atoms with Gasteiger partial charge in [-0.25, -0.2) is 0 Å². The van der Waals surface area contributed by atoms with E-state index < -0.39 is 0 Å². The van der Waals surface area contributed by atoms with E-state index in [1.54, 1.807) is 19.2 Å². The lowest BCUT2D eigenvalue weighted by molar-refractivity contribution is 0.112. The summed E-state index contributed by atoms with van der Waals surface area (Å²) < 4.78 is 11.9. The number of aryl methyl sites for hydroxylation is 1. The second-order valence-corrected chi connectivity index (χ2v) is 7.23. The Morgan fingerprint density at radius 3 is 2.27 bits per heavy atom. The summed E-state index contributed by atoms with van der Waals surface area (Å²) in [6.45, 7) is 2.18. The lowest BCUT2D eigenvalue weighted by atomic mass is 9.91. The van der Waals surface area contributed by atoms with Crippen LogP contribution in [0.5, 0.6) is 17.2 Å². The standard InChI is InChI=1S/C27H24O3/c1-3-7-21-16-22-17-24(29-2)14-15-25(22)27(26(21)20-8-5-4-6-9-20)30-23-12-10-19(18-28)11-13-23/h4-6,8-18H,3,7H2,1-2H3. The van der Waals surface area contributed by atoms with Crippen molar-refractivity contribution in [2.24, 2.45) is 0 Å². The van der Waals surface area contributed by atoms with Gasteiger partial charge in [0.15, 0.2) is 0 Å². The molecule has 3 nitrogen and oxygen atoms in total. The highest BCUT2D eigenvalue weighted by Gasteiger charge is 2.17. The molecule has 4 aromatic carbocycles. The Kier molecular flexibility index (Phi) is 5.80. The summed E-state index contributed by atoms with van der Waals surface area (Å²) >= 11 is 0. The molecule has 0 atom stereocenters. The highest BCUT2D eigenvalue weighted by atomic mass is 16.5. The molecule has 0 aliphatic heterocycles. The van der Waals surface area contributed by atoms with Crippen molar-refractivity contribution in [3.8, 4) is 28.4 Å². The van der Waals surface area contributed by atoms with Crippen LogP contribution in [0.4, 0.5) is 0 Å². The van der Waals surface area contributed by atoms with Crippen LogP contribution in [0.2, 0.25) is 0 Å². The Morgan fingerprint density at radius 1 is 0.867 bits per heavy atom. The largest absolute Gasteiger partial charge is 0.497 e. The predicted octanol–water partition coefficient (Wildman–Crippen LogP) is 7.07. The number of carbonyl (C=O) groups is 1. The summed E-state index contributed by atoms with van der Waals surface area (Å²) in [6.07, 6.45) is 2.81. The van der Waals surface area contributed by atoms with E-state index in [-0.39, 0.29) is 0 Å². The fraction of sp³-hybridized carbons (Fsp3) is 0.148. The fourth-order valence-corrected chi connectivity index (χ4v) is 3.76. The molecule has 0 saturated carbocycles. The van der Waals surface area contributed by atoms with Crippen molar-refractivity contribution < 1.29 is 14.3 Å². The summed E-state index contributed by atoms with van der Waals surface area (Å²) in [5.41, 5.74) is 4.09. The van der Waals surface area contributed by atoms with Crippen molar-refractivity contribution in [1.29, 1.82) is 0 Å². The molecule has 0 heterocycles. The quantitative estimate of drug-likeness (QED) is 0.313. The Labute approximate surface area is 176 Å². The molecule has 0 unspecified atom stereocenters. The lowest BCUT2D eigenvalue weighted by Crippen LogP contribution is -1.97. The molecule has 0 N–H and O–H groups in total. The maximum Gasteiger partial charge on any atom is 0.150 e. The van der Waals surface area contributed by atoms with Gasteiger partial charge in [0.2, 0.25) is 0 Å². The summed E-state index contributed by atoms with van der Waals surface area (Å²) in [5, 5.41) is 2.10. The van der Waals surface area contributed by atoms with Gasteiger partial charge in [-0.1, -0.05) is 49.7 Å². The number of benzene rings is 4. The average Bonchev–Trinajstić information content (AvgIpc) is 2.80. The van der Waals surface area contributed by atoms with Gasteiger partial charge in [-0.3, -0.25) is 4.79 Å². The number of fused-ring (bicyclic) bond motifs is 1. The number of ether oxygens (including phenoxy) is 2. The first kappa shape index (κ1) is 19.7. The van der Waals surface area contributed by atoms with Gasteiger partial charge in [0.25, 0.3) is 0 Å². The SMILES string of the molecule is CCCc1cc2cc(OC)ccc2c(Oc2ccc(C=O)cc2)c1-c1ccccc1. The molecule has 0 amide bonds. The second-order valence-electron chi connectivity index (χ2n) is 7.23. The van der Waals surface area contributed by atoms with Crippen molar-refractivity contribution in [3.05, 3.63) is 90.0 Å². The van der Waals surface area contributed by atoms with E-state index >= 15 is 0 Å². The molecule has 0 fully saturated rings. The van der Waals surface area contributed by atoms with Crippen molar-refractivity contribution in [3.63, 3.8) is 0 Å². The van der Waals surface area contributed by atoms with Gasteiger partial charge in [0.1, 0.15) is 23.5 Å². The number of methoxy groups -OCH3 is 1. The van der Waals surface area contributed by atoms with E-state index in [1.807, 2.05) is 48.5 Å².